The van der Waals surface area contributed by atoms with Gasteiger partial charge in [0, 0.05) is 30.2 Å². The average Bonchev–Trinajstić information content (AvgIpc) is 3.19. The van der Waals surface area contributed by atoms with Crippen molar-refractivity contribution in [2.45, 2.75) is 31.7 Å². The Bertz CT molecular complexity index is 1130. The Morgan fingerprint density at radius 1 is 1.07 bits per heavy atom. The number of hydrogen-bond donors (Lipinski definition) is 1. The number of pyridine rings is 1. The maximum Gasteiger partial charge on any atom is 0.303 e. The standard InChI is InChI=1S/C23H20ClN3O3/c24-23-17(13-16-9-4-5-10-18(16)25-23)20-14-19(15-7-2-1-3-8-15)26-27(20)21(28)11-6-12-22(29)30/h1-5,7-10,13,20H,6,11-12,14H2,(H,29,30). The summed E-state index contributed by atoms with van der Waals surface area (Å²) in [4.78, 5) is 28.2. The maximum absolute atomic E-state index is 12.9. The van der Waals surface area contributed by atoms with Crippen molar-refractivity contribution in [3.63, 3.8) is 0 Å². The second kappa shape index (κ2) is 8.63. The lowest BCUT2D eigenvalue weighted by atomic mass is 9.98. The molecule has 0 saturated heterocycles. The molecule has 0 fully saturated rings. The van der Waals surface area contributed by atoms with Crippen molar-refractivity contribution in [3.05, 3.63) is 76.9 Å². The second-order valence-electron chi connectivity index (χ2n) is 7.18. The fourth-order valence-electron chi connectivity index (χ4n) is 3.64. The van der Waals surface area contributed by atoms with Crippen molar-refractivity contribution in [3.8, 4) is 0 Å². The zero-order valence-electron chi connectivity index (χ0n) is 16.2. The quantitative estimate of drug-likeness (QED) is 0.578. The van der Waals surface area contributed by atoms with Gasteiger partial charge in [-0.15, -0.1) is 0 Å². The number of fused-ring (bicyclic) bond motifs is 1. The van der Waals surface area contributed by atoms with Crippen LogP contribution in [-0.4, -0.2) is 32.7 Å². The van der Waals surface area contributed by atoms with E-state index in [1.807, 2.05) is 60.7 Å². The van der Waals surface area contributed by atoms with Crippen LogP contribution < -0.4 is 0 Å². The van der Waals surface area contributed by atoms with Crippen LogP contribution in [0.3, 0.4) is 0 Å². The molecule has 0 saturated carbocycles. The molecule has 2 aromatic carbocycles. The summed E-state index contributed by atoms with van der Waals surface area (Å²) in [6.45, 7) is 0. The highest BCUT2D eigenvalue weighted by Crippen LogP contribution is 2.37. The number of rotatable bonds is 6. The lowest BCUT2D eigenvalue weighted by Crippen LogP contribution is -2.27. The van der Waals surface area contributed by atoms with Gasteiger partial charge in [-0.1, -0.05) is 60.1 Å². The normalized spacial score (nSPS) is 16.0. The summed E-state index contributed by atoms with van der Waals surface area (Å²) in [6, 6.07) is 18.9. The number of aliphatic carboxylic acids is 1. The van der Waals surface area contributed by atoms with Gasteiger partial charge < -0.3 is 5.11 Å². The summed E-state index contributed by atoms with van der Waals surface area (Å²) in [5.41, 5.74) is 3.24. The monoisotopic (exact) mass is 421 g/mol. The zero-order chi connectivity index (χ0) is 21.1. The predicted molar refractivity (Wildman–Crippen MR) is 115 cm³/mol. The molecule has 30 heavy (non-hydrogen) atoms. The van der Waals surface area contributed by atoms with E-state index in [0.29, 0.717) is 11.6 Å². The lowest BCUT2D eigenvalue weighted by molar-refractivity contribution is -0.137. The first-order chi connectivity index (χ1) is 14.5. The molecule has 152 valence electrons. The van der Waals surface area contributed by atoms with E-state index in [4.69, 9.17) is 16.7 Å². The number of halogens is 1. The molecule has 1 N–H and O–H groups in total. The van der Waals surface area contributed by atoms with Crippen molar-refractivity contribution in [1.29, 1.82) is 0 Å². The van der Waals surface area contributed by atoms with Gasteiger partial charge in [-0.2, -0.15) is 5.10 Å². The molecule has 7 heteroatoms. The molecule has 1 aromatic heterocycles. The number of carboxylic acids is 1. The molecule has 2 heterocycles. The minimum absolute atomic E-state index is 0.0577. The Balaban J connectivity index is 1.69. The van der Waals surface area contributed by atoms with Crippen molar-refractivity contribution >= 4 is 40.1 Å². The van der Waals surface area contributed by atoms with E-state index in [2.05, 4.69) is 10.1 Å². The molecular weight excluding hydrogens is 402 g/mol. The molecule has 3 aromatic rings. The SMILES string of the molecule is O=C(O)CCCC(=O)N1N=C(c2ccccc2)CC1c1cc2ccccc2nc1Cl. The molecule has 1 unspecified atom stereocenters. The fraction of sp³-hybridized carbons (Fsp3) is 0.217. The smallest absolute Gasteiger partial charge is 0.303 e. The van der Waals surface area contributed by atoms with Crippen molar-refractivity contribution in [2.24, 2.45) is 5.10 Å². The molecule has 0 bridgehead atoms. The maximum atomic E-state index is 12.9. The number of hydrazone groups is 1. The van der Waals surface area contributed by atoms with Crippen molar-refractivity contribution in [1.82, 2.24) is 9.99 Å². The number of carbonyl (C=O) groups is 2. The van der Waals surface area contributed by atoms with Crippen LogP contribution in [0, 0.1) is 0 Å². The van der Waals surface area contributed by atoms with E-state index in [1.165, 1.54) is 5.01 Å². The van der Waals surface area contributed by atoms with Gasteiger partial charge in [0.15, 0.2) is 0 Å². The van der Waals surface area contributed by atoms with E-state index in [9.17, 15) is 9.59 Å². The van der Waals surface area contributed by atoms with Gasteiger partial charge in [0.25, 0.3) is 0 Å². The van der Waals surface area contributed by atoms with E-state index < -0.39 is 5.97 Å². The topological polar surface area (TPSA) is 82.9 Å². The lowest BCUT2D eigenvalue weighted by Gasteiger charge is -2.23. The summed E-state index contributed by atoms with van der Waals surface area (Å²) in [6.07, 6.45) is 0.816. The number of hydrogen-bond acceptors (Lipinski definition) is 4. The number of benzene rings is 2. The summed E-state index contributed by atoms with van der Waals surface area (Å²) in [5.74, 6) is -1.15. The number of amides is 1. The minimum Gasteiger partial charge on any atom is -0.481 e. The summed E-state index contributed by atoms with van der Waals surface area (Å²) in [7, 11) is 0. The van der Waals surface area contributed by atoms with Crippen LogP contribution in [-0.2, 0) is 9.59 Å². The van der Waals surface area contributed by atoms with Crippen LogP contribution in [0.2, 0.25) is 5.15 Å². The number of carboxylic acid groups (broad SMARTS) is 1. The number of nitrogens with zero attached hydrogens (tertiary/aromatic N) is 3. The van der Waals surface area contributed by atoms with E-state index in [-0.39, 0.29) is 31.2 Å². The number of carbonyl (C=O) groups excluding carboxylic acids is 1. The van der Waals surface area contributed by atoms with Crippen molar-refractivity contribution in [2.75, 3.05) is 0 Å². The van der Waals surface area contributed by atoms with Crippen LogP contribution in [0.25, 0.3) is 10.9 Å². The van der Waals surface area contributed by atoms with E-state index in [1.54, 1.807) is 0 Å². The first kappa shape index (κ1) is 20.0. The van der Waals surface area contributed by atoms with Crippen LogP contribution in [0.5, 0.6) is 0 Å². The average molecular weight is 422 g/mol. The molecular formula is C23H20ClN3O3. The first-order valence-electron chi connectivity index (χ1n) is 9.75. The molecule has 1 amide bonds. The highest BCUT2D eigenvalue weighted by Gasteiger charge is 2.34. The Kier molecular flexibility index (Phi) is 5.77. The third kappa shape index (κ3) is 4.19. The molecule has 1 aliphatic rings. The number of para-hydroxylation sites is 1. The molecule has 0 radical (unpaired) electrons. The van der Waals surface area contributed by atoms with Gasteiger partial charge in [-0.3, -0.25) is 9.59 Å². The molecule has 1 aliphatic heterocycles. The summed E-state index contributed by atoms with van der Waals surface area (Å²) >= 11 is 6.52. The highest BCUT2D eigenvalue weighted by atomic mass is 35.5. The third-order valence-corrected chi connectivity index (χ3v) is 5.42. The molecule has 1 atom stereocenters. The molecule has 4 rings (SSSR count). The van der Waals surface area contributed by atoms with Crippen LogP contribution >= 0.6 is 11.6 Å². The Labute approximate surface area is 178 Å². The van der Waals surface area contributed by atoms with Gasteiger partial charge in [-0.05, 0) is 24.1 Å². The van der Waals surface area contributed by atoms with Crippen LogP contribution in [0.1, 0.15) is 42.9 Å². The predicted octanol–water partition coefficient (Wildman–Crippen LogP) is 4.82. The molecule has 0 aliphatic carbocycles. The third-order valence-electron chi connectivity index (χ3n) is 5.12. The summed E-state index contributed by atoms with van der Waals surface area (Å²) < 4.78 is 0. The van der Waals surface area contributed by atoms with E-state index >= 15 is 0 Å². The van der Waals surface area contributed by atoms with Gasteiger partial charge >= 0.3 is 5.97 Å². The van der Waals surface area contributed by atoms with Gasteiger partial charge in [-0.25, -0.2) is 9.99 Å². The minimum atomic E-state index is -0.920. The van der Waals surface area contributed by atoms with Crippen LogP contribution in [0.4, 0.5) is 0 Å². The van der Waals surface area contributed by atoms with Gasteiger partial charge in [0.2, 0.25) is 5.91 Å². The zero-order valence-corrected chi connectivity index (χ0v) is 16.9. The first-order valence-corrected chi connectivity index (χ1v) is 10.1. The second-order valence-corrected chi connectivity index (χ2v) is 7.54. The van der Waals surface area contributed by atoms with E-state index in [0.717, 1.165) is 27.7 Å². The Morgan fingerprint density at radius 3 is 2.57 bits per heavy atom. The fourth-order valence-corrected chi connectivity index (χ4v) is 3.91. The molecule has 6 nitrogen and oxygen atoms in total. The highest BCUT2D eigenvalue weighted by molar-refractivity contribution is 6.30. The van der Waals surface area contributed by atoms with Crippen molar-refractivity contribution < 1.29 is 14.7 Å². The van der Waals surface area contributed by atoms with Gasteiger partial charge in [0.1, 0.15) is 5.15 Å². The largest absolute Gasteiger partial charge is 0.481 e. The number of aromatic nitrogens is 1. The summed E-state index contributed by atoms with van der Waals surface area (Å²) in [5, 5.41) is 16.2. The van der Waals surface area contributed by atoms with Gasteiger partial charge in [0.05, 0.1) is 17.3 Å². The Morgan fingerprint density at radius 2 is 1.80 bits per heavy atom. The Hall–Kier alpha value is -3.25. The molecule has 0 spiro atoms. The van der Waals surface area contributed by atoms with Crippen LogP contribution in [0.15, 0.2) is 65.8 Å².